The number of anilines is 1. The second-order valence-electron chi connectivity index (χ2n) is 4.86. The predicted octanol–water partition coefficient (Wildman–Crippen LogP) is -0.182. The Morgan fingerprint density at radius 2 is 2.32 bits per heavy atom. The van der Waals surface area contributed by atoms with Crippen LogP contribution >= 0.6 is 0 Å². The van der Waals surface area contributed by atoms with Crippen molar-refractivity contribution in [2.75, 3.05) is 30.9 Å². The highest BCUT2D eigenvalue weighted by Gasteiger charge is 2.31. The lowest BCUT2D eigenvalue weighted by Crippen LogP contribution is -2.52. The van der Waals surface area contributed by atoms with Gasteiger partial charge in [-0.25, -0.2) is 18.1 Å². The lowest BCUT2D eigenvalue weighted by atomic mass is 9.93. The molecule has 1 aromatic heterocycles. The van der Waals surface area contributed by atoms with Crippen molar-refractivity contribution in [2.24, 2.45) is 5.92 Å². The van der Waals surface area contributed by atoms with Crippen LogP contribution in [0.4, 0.5) is 5.82 Å². The van der Waals surface area contributed by atoms with Gasteiger partial charge in [-0.2, -0.15) is 0 Å². The van der Waals surface area contributed by atoms with E-state index in [2.05, 4.69) is 14.6 Å². The summed E-state index contributed by atoms with van der Waals surface area (Å²) in [6.07, 6.45) is 3.53. The van der Waals surface area contributed by atoms with Gasteiger partial charge in [0, 0.05) is 37.9 Å². The Hall–Kier alpha value is -1.18. The van der Waals surface area contributed by atoms with Crippen molar-refractivity contribution in [1.29, 1.82) is 0 Å². The summed E-state index contributed by atoms with van der Waals surface area (Å²) in [4.78, 5) is 6.35. The number of hydrogen-bond donors (Lipinski definition) is 2. The molecule has 1 aliphatic heterocycles. The van der Waals surface area contributed by atoms with Gasteiger partial charge < -0.3 is 10.0 Å². The van der Waals surface area contributed by atoms with Gasteiger partial charge in [0.25, 0.3) is 0 Å². The van der Waals surface area contributed by atoms with E-state index in [1.807, 2.05) is 18.2 Å². The topological polar surface area (TPSA) is 82.5 Å². The summed E-state index contributed by atoms with van der Waals surface area (Å²) in [5.74, 6) is 0.740. The van der Waals surface area contributed by atoms with Crippen LogP contribution in [0, 0.1) is 5.92 Å². The first-order valence-corrected chi connectivity index (χ1v) is 8.13. The van der Waals surface area contributed by atoms with Crippen LogP contribution in [0.1, 0.15) is 6.42 Å². The highest BCUT2D eigenvalue weighted by Crippen LogP contribution is 2.21. The van der Waals surface area contributed by atoms with Crippen molar-refractivity contribution in [2.45, 2.75) is 12.5 Å². The third-order valence-corrected chi connectivity index (χ3v) is 4.04. The molecule has 0 amide bonds. The van der Waals surface area contributed by atoms with Gasteiger partial charge >= 0.3 is 0 Å². The molecular weight excluding hydrogens is 266 g/mol. The van der Waals surface area contributed by atoms with E-state index in [1.165, 1.54) is 0 Å². The first-order valence-electron chi connectivity index (χ1n) is 6.24. The molecule has 0 radical (unpaired) electrons. The number of pyridine rings is 1. The summed E-state index contributed by atoms with van der Waals surface area (Å²) in [5.41, 5.74) is 0. The van der Waals surface area contributed by atoms with Gasteiger partial charge in [0.1, 0.15) is 5.82 Å². The molecule has 1 fully saturated rings. The largest absolute Gasteiger partial charge is 0.396 e. The fourth-order valence-electron chi connectivity index (χ4n) is 2.40. The van der Waals surface area contributed by atoms with E-state index in [9.17, 15) is 13.5 Å². The summed E-state index contributed by atoms with van der Waals surface area (Å²) in [7, 11) is -3.24. The van der Waals surface area contributed by atoms with E-state index in [0.29, 0.717) is 13.0 Å². The van der Waals surface area contributed by atoms with E-state index >= 15 is 0 Å². The molecule has 1 saturated heterocycles. The lowest BCUT2D eigenvalue weighted by molar-refractivity contribution is 0.184. The van der Waals surface area contributed by atoms with Gasteiger partial charge in [0.05, 0.1) is 6.26 Å². The van der Waals surface area contributed by atoms with Gasteiger partial charge in [0.15, 0.2) is 0 Å². The molecule has 0 aromatic carbocycles. The minimum absolute atomic E-state index is 0.0451. The molecule has 0 spiro atoms. The van der Waals surface area contributed by atoms with Gasteiger partial charge in [-0.15, -0.1) is 0 Å². The average molecular weight is 285 g/mol. The second-order valence-corrected chi connectivity index (χ2v) is 6.64. The Morgan fingerprint density at radius 3 is 2.89 bits per heavy atom. The molecule has 0 aliphatic carbocycles. The van der Waals surface area contributed by atoms with Crippen molar-refractivity contribution in [3.8, 4) is 0 Å². The molecule has 0 saturated carbocycles. The third kappa shape index (κ3) is 3.89. The molecule has 1 aromatic rings. The highest BCUT2D eigenvalue weighted by molar-refractivity contribution is 7.88. The van der Waals surface area contributed by atoms with Crippen LogP contribution in [0.3, 0.4) is 0 Å². The number of aliphatic hydroxyl groups excluding tert-OH is 1. The van der Waals surface area contributed by atoms with E-state index in [4.69, 9.17) is 0 Å². The average Bonchev–Trinajstić information content (AvgIpc) is 2.38. The van der Waals surface area contributed by atoms with Crippen LogP contribution in [-0.4, -0.2) is 50.5 Å². The summed E-state index contributed by atoms with van der Waals surface area (Å²) in [6.45, 7) is 1.28. The van der Waals surface area contributed by atoms with Crippen molar-refractivity contribution < 1.29 is 13.5 Å². The van der Waals surface area contributed by atoms with E-state index in [-0.39, 0.29) is 18.6 Å². The monoisotopic (exact) mass is 285 g/mol. The molecule has 2 N–H and O–H groups in total. The fourth-order valence-corrected chi connectivity index (χ4v) is 3.26. The van der Waals surface area contributed by atoms with Crippen LogP contribution in [0.15, 0.2) is 24.4 Å². The van der Waals surface area contributed by atoms with Crippen LogP contribution in [0.5, 0.6) is 0 Å². The Bertz CT molecular complexity index is 506. The van der Waals surface area contributed by atoms with Crippen molar-refractivity contribution in [3.05, 3.63) is 24.4 Å². The van der Waals surface area contributed by atoms with Crippen LogP contribution < -0.4 is 9.62 Å². The van der Waals surface area contributed by atoms with Gasteiger partial charge in [0.2, 0.25) is 10.0 Å². The molecule has 0 bridgehead atoms. The van der Waals surface area contributed by atoms with E-state index < -0.39 is 10.0 Å². The third-order valence-electron chi connectivity index (χ3n) is 3.31. The second kappa shape index (κ2) is 5.85. The number of rotatable bonds is 4. The maximum atomic E-state index is 11.3. The Morgan fingerprint density at radius 1 is 1.53 bits per heavy atom. The zero-order valence-electron chi connectivity index (χ0n) is 10.9. The minimum atomic E-state index is -3.24. The number of sulfonamides is 1. The highest BCUT2D eigenvalue weighted by atomic mass is 32.2. The molecule has 6 nitrogen and oxygen atoms in total. The Labute approximate surface area is 113 Å². The van der Waals surface area contributed by atoms with Gasteiger partial charge in [-0.3, -0.25) is 0 Å². The van der Waals surface area contributed by atoms with Crippen molar-refractivity contribution >= 4 is 15.8 Å². The van der Waals surface area contributed by atoms with E-state index in [0.717, 1.165) is 18.6 Å². The molecule has 7 heteroatoms. The number of piperidine rings is 1. The van der Waals surface area contributed by atoms with Gasteiger partial charge in [-0.05, 0) is 18.6 Å². The molecule has 2 heterocycles. The summed E-state index contributed by atoms with van der Waals surface area (Å²) >= 11 is 0. The maximum Gasteiger partial charge on any atom is 0.208 e. The lowest BCUT2D eigenvalue weighted by Gasteiger charge is -2.38. The number of aliphatic hydroxyl groups is 1. The zero-order chi connectivity index (χ0) is 13.9. The molecule has 106 valence electrons. The molecule has 2 atom stereocenters. The van der Waals surface area contributed by atoms with Crippen molar-refractivity contribution in [1.82, 2.24) is 9.71 Å². The van der Waals surface area contributed by atoms with Crippen LogP contribution in [-0.2, 0) is 10.0 Å². The normalized spacial score (nSPS) is 24.4. The predicted molar refractivity (Wildman–Crippen MR) is 73.4 cm³/mol. The molecular formula is C12H19N3O3S. The number of hydrogen-bond acceptors (Lipinski definition) is 5. The van der Waals surface area contributed by atoms with Crippen LogP contribution in [0.2, 0.25) is 0 Å². The summed E-state index contributed by atoms with van der Waals surface area (Å²) in [6, 6.07) is 5.47. The first kappa shape index (κ1) is 14.2. The standard InChI is InChI=1S/C12H19N3O3S/c1-19(17,18)14-11-5-7-15(8-10(11)9-16)12-4-2-3-6-13-12/h2-4,6,10-11,14,16H,5,7-9H2,1H3/t10-,11-/m0/s1. The number of nitrogens with one attached hydrogen (secondary N) is 1. The fraction of sp³-hybridized carbons (Fsp3) is 0.583. The zero-order valence-corrected chi connectivity index (χ0v) is 11.7. The summed E-state index contributed by atoms with van der Waals surface area (Å²) in [5, 5.41) is 9.44. The Kier molecular flexibility index (Phi) is 4.38. The quantitative estimate of drug-likeness (QED) is 0.802. The smallest absolute Gasteiger partial charge is 0.208 e. The maximum absolute atomic E-state index is 11.3. The molecule has 0 unspecified atom stereocenters. The number of aromatic nitrogens is 1. The SMILES string of the molecule is CS(=O)(=O)N[C@H]1CCN(c2ccccn2)C[C@H]1CO. The van der Waals surface area contributed by atoms with Gasteiger partial charge in [-0.1, -0.05) is 6.07 Å². The molecule has 19 heavy (non-hydrogen) atoms. The molecule has 2 rings (SSSR count). The summed E-state index contributed by atoms with van der Waals surface area (Å²) < 4.78 is 25.2. The number of nitrogens with zero attached hydrogens (tertiary/aromatic N) is 2. The van der Waals surface area contributed by atoms with Crippen molar-refractivity contribution in [3.63, 3.8) is 0 Å². The van der Waals surface area contributed by atoms with Crippen LogP contribution in [0.25, 0.3) is 0 Å². The Balaban J connectivity index is 2.06. The minimum Gasteiger partial charge on any atom is -0.396 e. The first-order chi connectivity index (χ1) is 8.99. The molecule has 1 aliphatic rings. The van der Waals surface area contributed by atoms with E-state index in [1.54, 1.807) is 6.20 Å².